The normalized spacial score (nSPS) is 18.3. The maximum atomic E-state index is 4.72. The summed E-state index contributed by atoms with van der Waals surface area (Å²) < 4.78 is 4.72. The van der Waals surface area contributed by atoms with E-state index in [1.165, 1.54) is 25.7 Å². The number of hydrogen-bond acceptors (Lipinski definition) is 1. The monoisotopic (exact) mass is 150 g/mol. The van der Waals surface area contributed by atoms with Crippen molar-refractivity contribution in [1.29, 1.82) is 0 Å². The molecule has 0 atom stereocenters. The average molecular weight is 150 g/mol. The van der Waals surface area contributed by atoms with Gasteiger partial charge in [0.1, 0.15) is 0 Å². The molecule has 0 aromatic carbocycles. The van der Waals surface area contributed by atoms with Crippen LogP contribution >= 0.6 is 0 Å². The summed E-state index contributed by atoms with van der Waals surface area (Å²) in [4.78, 5) is 0. The lowest BCUT2D eigenvalue weighted by Crippen LogP contribution is -1.84. The van der Waals surface area contributed by atoms with Gasteiger partial charge in [-0.15, -0.1) is 0 Å². The van der Waals surface area contributed by atoms with Crippen LogP contribution in [0.2, 0.25) is 0 Å². The molecule has 1 aliphatic carbocycles. The Labute approximate surface area is 68.4 Å². The van der Waals surface area contributed by atoms with Crippen LogP contribution in [-0.4, -0.2) is 7.11 Å². The summed E-state index contributed by atoms with van der Waals surface area (Å²) in [6, 6.07) is 0. The van der Waals surface area contributed by atoms with E-state index in [4.69, 9.17) is 4.74 Å². The number of methoxy groups -OCH3 is 1. The lowest BCUT2D eigenvalue weighted by atomic mass is 10.1. The van der Waals surface area contributed by atoms with E-state index in [1.807, 2.05) is 0 Å². The first-order valence-corrected chi connectivity index (χ1v) is 4.12. The first-order valence-electron chi connectivity index (χ1n) is 4.12. The van der Waals surface area contributed by atoms with Crippen molar-refractivity contribution >= 4 is 0 Å². The van der Waals surface area contributed by atoms with Gasteiger partial charge in [-0.25, -0.2) is 0 Å². The van der Waals surface area contributed by atoms with Crippen molar-refractivity contribution in [2.75, 3.05) is 7.11 Å². The third-order valence-corrected chi connectivity index (χ3v) is 1.93. The number of ether oxygens (including phenoxy) is 1. The Kier molecular flexibility index (Phi) is 3.61. The van der Waals surface area contributed by atoms with E-state index in [9.17, 15) is 0 Å². The Hall–Kier alpha value is -0.900. The van der Waals surface area contributed by atoms with Crippen molar-refractivity contribution in [3.8, 4) is 11.8 Å². The molecule has 1 rings (SSSR count). The van der Waals surface area contributed by atoms with Crippen LogP contribution in [0.5, 0.6) is 0 Å². The summed E-state index contributed by atoms with van der Waals surface area (Å²) >= 11 is 0. The van der Waals surface area contributed by atoms with E-state index >= 15 is 0 Å². The zero-order chi connectivity index (χ0) is 7.94. The number of allylic oxidation sites excluding steroid dienone is 1. The molecule has 0 aromatic rings. The lowest BCUT2D eigenvalue weighted by Gasteiger charge is -1.93. The van der Waals surface area contributed by atoms with Crippen LogP contribution in [0.15, 0.2) is 12.3 Å². The molecule has 0 bridgehead atoms. The molecule has 1 fully saturated rings. The summed E-state index contributed by atoms with van der Waals surface area (Å²) in [6.07, 6.45) is 8.66. The molecule has 0 aromatic heterocycles. The Balaban J connectivity index is 2.25. The minimum atomic E-state index is 0.650. The molecule has 0 radical (unpaired) electrons. The number of hydrogen-bond donors (Lipinski definition) is 0. The quantitative estimate of drug-likeness (QED) is 0.412. The van der Waals surface area contributed by atoms with Gasteiger partial charge in [-0.1, -0.05) is 24.7 Å². The number of rotatable bonds is 1. The molecule has 0 aliphatic heterocycles. The standard InChI is InChI=1S/C10H14O/c1-11-9-5-4-8-10-6-2-3-7-10/h5,9-10H,2-3,6-7H2,1H3/b9-5+. The highest BCUT2D eigenvalue weighted by Crippen LogP contribution is 2.23. The van der Waals surface area contributed by atoms with Gasteiger partial charge < -0.3 is 4.74 Å². The largest absolute Gasteiger partial charge is 0.504 e. The van der Waals surface area contributed by atoms with Crippen molar-refractivity contribution in [3.63, 3.8) is 0 Å². The summed E-state index contributed by atoms with van der Waals surface area (Å²) in [5, 5.41) is 0. The molecule has 11 heavy (non-hydrogen) atoms. The predicted molar refractivity (Wildman–Crippen MR) is 45.9 cm³/mol. The van der Waals surface area contributed by atoms with Crippen LogP contribution in [0.4, 0.5) is 0 Å². The van der Waals surface area contributed by atoms with Gasteiger partial charge in [0.2, 0.25) is 0 Å². The van der Waals surface area contributed by atoms with E-state index in [0.29, 0.717) is 5.92 Å². The van der Waals surface area contributed by atoms with Crippen LogP contribution < -0.4 is 0 Å². The van der Waals surface area contributed by atoms with Crippen molar-refractivity contribution in [3.05, 3.63) is 12.3 Å². The fourth-order valence-corrected chi connectivity index (χ4v) is 1.34. The zero-order valence-corrected chi connectivity index (χ0v) is 6.97. The van der Waals surface area contributed by atoms with Crippen LogP contribution in [0.1, 0.15) is 25.7 Å². The van der Waals surface area contributed by atoms with Gasteiger partial charge in [-0.2, -0.15) is 0 Å². The Morgan fingerprint density at radius 3 is 2.73 bits per heavy atom. The highest BCUT2D eigenvalue weighted by atomic mass is 16.5. The van der Waals surface area contributed by atoms with Crippen molar-refractivity contribution in [1.82, 2.24) is 0 Å². The van der Waals surface area contributed by atoms with Crippen LogP contribution in [0.3, 0.4) is 0 Å². The Bertz CT molecular complexity index is 177. The first-order chi connectivity index (χ1) is 5.43. The van der Waals surface area contributed by atoms with Gasteiger partial charge in [0.15, 0.2) is 0 Å². The van der Waals surface area contributed by atoms with Crippen molar-refractivity contribution in [2.45, 2.75) is 25.7 Å². The molecule has 0 amide bonds. The van der Waals surface area contributed by atoms with Gasteiger partial charge in [0.25, 0.3) is 0 Å². The summed E-state index contributed by atoms with van der Waals surface area (Å²) in [5.41, 5.74) is 0. The second-order valence-corrected chi connectivity index (χ2v) is 2.81. The van der Waals surface area contributed by atoms with Crippen molar-refractivity contribution < 1.29 is 4.74 Å². The molecule has 1 heteroatoms. The van der Waals surface area contributed by atoms with E-state index in [2.05, 4.69) is 11.8 Å². The maximum absolute atomic E-state index is 4.72. The third-order valence-electron chi connectivity index (χ3n) is 1.93. The minimum absolute atomic E-state index is 0.650. The predicted octanol–water partition coefficient (Wildman–Crippen LogP) is 2.34. The Morgan fingerprint density at radius 1 is 1.36 bits per heavy atom. The van der Waals surface area contributed by atoms with Gasteiger partial charge in [0, 0.05) is 12.0 Å². The van der Waals surface area contributed by atoms with Gasteiger partial charge in [0.05, 0.1) is 13.4 Å². The average Bonchev–Trinajstić information content (AvgIpc) is 2.50. The topological polar surface area (TPSA) is 9.23 Å². The minimum Gasteiger partial charge on any atom is -0.504 e. The SMILES string of the molecule is CO/C=C/C#CC1CCCC1. The molecule has 1 saturated carbocycles. The summed E-state index contributed by atoms with van der Waals surface area (Å²) in [6.45, 7) is 0. The maximum Gasteiger partial charge on any atom is 0.0908 e. The highest BCUT2D eigenvalue weighted by Gasteiger charge is 2.10. The van der Waals surface area contributed by atoms with E-state index in [1.54, 1.807) is 19.4 Å². The Morgan fingerprint density at radius 2 is 2.09 bits per heavy atom. The molecular weight excluding hydrogens is 136 g/mol. The molecule has 1 nitrogen and oxygen atoms in total. The summed E-state index contributed by atoms with van der Waals surface area (Å²) in [7, 11) is 1.63. The van der Waals surface area contributed by atoms with Gasteiger partial charge >= 0.3 is 0 Å². The highest BCUT2D eigenvalue weighted by molar-refractivity contribution is 5.16. The molecule has 60 valence electrons. The van der Waals surface area contributed by atoms with Gasteiger partial charge in [-0.3, -0.25) is 0 Å². The molecule has 0 unspecified atom stereocenters. The molecular formula is C10H14O. The second kappa shape index (κ2) is 4.85. The first kappa shape index (κ1) is 8.20. The molecule has 0 heterocycles. The fraction of sp³-hybridized carbons (Fsp3) is 0.600. The molecule has 0 spiro atoms. The second-order valence-electron chi connectivity index (χ2n) is 2.81. The van der Waals surface area contributed by atoms with E-state index in [0.717, 1.165) is 0 Å². The smallest absolute Gasteiger partial charge is 0.0908 e. The fourth-order valence-electron chi connectivity index (χ4n) is 1.34. The third kappa shape index (κ3) is 3.13. The van der Waals surface area contributed by atoms with E-state index in [-0.39, 0.29) is 0 Å². The molecule has 0 saturated heterocycles. The zero-order valence-electron chi connectivity index (χ0n) is 6.97. The van der Waals surface area contributed by atoms with Crippen LogP contribution in [0, 0.1) is 17.8 Å². The van der Waals surface area contributed by atoms with Crippen molar-refractivity contribution in [2.24, 2.45) is 5.92 Å². The van der Waals surface area contributed by atoms with Crippen LogP contribution in [-0.2, 0) is 4.74 Å². The van der Waals surface area contributed by atoms with Gasteiger partial charge in [-0.05, 0) is 12.8 Å². The lowest BCUT2D eigenvalue weighted by molar-refractivity contribution is 0.338. The van der Waals surface area contributed by atoms with E-state index < -0.39 is 0 Å². The summed E-state index contributed by atoms with van der Waals surface area (Å²) in [5.74, 6) is 6.82. The van der Waals surface area contributed by atoms with Crippen LogP contribution in [0.25, 0.3) is 0 Å². The molecule has 0 N–H and O–H groups in total. The molecule has 1 aliphatic rings.